The Kier molecular flexibility index (Phi) is 2.08. The summed E-state index contributed by atoms with van der Waals surface area (Å²) in [6.07, 6.45) is 0. The number of amides is 1. The summed E-state index contributed by atoms with van der Waals surface area (Å²) in [5, 5.41) is 7.08. The van der Waals surface area contributed by atoms with E-state index in [-0.39, 0.29) is 12.2 Å². The molecule has 0 aromatic carbocycles. The van der Waals surface area contributed by atoms with Gasteiger partial charge >= 0.3 is 5.69 Å². The van der Waals surface area contributed by atoms with E-state index in [2.05, 4.69) is 10.4 Å². The second-order valence-corrected chi connectivity index (χ2v) is 3.15. The Morgan fingerprint density at radius 1 is 1.64 bits per heavy atom. The number of carbonyl (C=O) groups is 1. The molecule has 0 unspecified atom stereocenters. The van der Waals surface area contributed by atoms with Crippen LogP contribution >= 0.6 is 0 Å². The maximum Gasteiger partial charge on any atom is 0.346 e. The number of nitrogens with zero attached hydrogens (tertiary/aromatic N) is 3. The van der Waals surface area contributed by atoms with Crippen molar-refractivity contribution in [3.8, 4) is 0 Å². The molecule has 0 saturated heterocycles. The first kappa shape index (κ1) is 8.95. The molecule has 0 radical (unpaired) electrons. The van der Waals surface area contributed by atoms with Gasteiger partial charge < -0.3 is 11.1 Å². The fourth-order valence-corrected chi connectivity index (χ4v) is 1.48. The summed E-state index contributed by atoms with van der Waals surface area (Å²) in [6.45, 7) is 1.74. The third kappa shape index (κ3) is 1.41. The summed E-state index contributed by atoms with van der Waals surface area (Å²) in [5.74, 6) is 0.0954. The molecule has 1 aliphatic rings. The molecule has 1 aromatic heterocycles. The van der Waals surface area contributed by atoms with Crippen molar-refractivity contribution in [2.24, 2.45) is 5.73 Å². The number of rotatable bonds is 2. The number of fused-ring (bicyclic) bond motifs is 1. The number of primary amides is 1. The molecule has 0 atom stereocenters. The van der Waals surface area contributed by atoms with Crippen LogP contribution in [0.4, 0.5) is 0 Å². The van der Waals surface area contributed by atoms with Crippen molar-refractivity contribution < 1.29 is 4.79 Å². The monoisotopic (exact) mass is 197 g/mol. The van der Waals surface area contributed by atoms with Crippen LogP contribution in [0.3, 0.4) is 0 Å². The lowest BCUT2D eigenvalue weighted by molar-refractivity contribution is -0.118. The minimum absolute atomic E-state index is 0.154. The lowest BCUT2D eigenvalue weighted by Crippen LogP contribution is -2.35. The summed E-state index contributed by atoms with van der Waals surface area (Å²) in [6, 6.07) is 0. The smallest absolute Gasteiger partial charge is 0.346 e. The van der Waals surface area contributed by atoms with Crippen LogP contribution in [-0.4, -0.2) is 26.8 Å². The molecule has 0 aliphatic carbocycles. The first-order valence-corrected chi connectivity index (χ1v) is 4.34. The molecule has 0 spiro atoms. The summed E-state index contributed by atoms with van der Waals surface area (Å²) >= 11 is 0. The van der Waals surface area contributed by atoms with Crippen LogP contribution in [0.15, 0.2) is 4.79 Å². The minimum Gasteiger partial charge on any atom is -0.368 e. The Hall–Kier alpha value is -1.63. The molecule has 0 fully saturated rings. The van der Waals surface area contributed by atoms with Crippen LogP contribution in [0.1, 0.15) is 5.82 Å². The van der Waals surface area contributed by atoms with E-state index in [4.69, 9.17) is 5.73 Å². The van der Waals surface area contributed by atoms with Crippen LogP contribution in [-0.2, 0) is 24.4 Å². The molecule has 0 bridgehead atoms. The molecule has 14 heavy (non-hydrogen) atoms. The maximum atomic E-state index is 11.6. The van der Waals surface area contributed by atoms with Crippen molar-refractivity contribution in [3.63, 3.8) is 0 Å². The van der Waals surface area contributed by atoms with Gasteiger partial charge in [0.05, 0.1) is 6.54 Å². The second-order valence-electron chi connectivity index (χ2n) is 3.15. The largest absolute Gasteiger partial charge is 0.368 e. The van der Waals surface area contributed by atoms with E-state index in [1.54, 1.807) is 4.57 Å². The molecule has 76 valence electrons. The highest BCUT2D eigenvalue weighted by Gasteiger charge is 2.16. The van der Waals surface area contributed by atoms with Crippen molar-refractivity contribution in [1.29, 1.82) is 0 Å². The lowest BCUT2D eigenvalue weighted by atomic mass is 10.4. The predicted molar refractivity (Wildman–Crippen MR) is 47.4 cm³/mol. The quantitative estimate of drug-likeness (QED) is 0.554. The normalized spacial score (nSPS) is 15.1. The van der Waals surface area contributed by atoms with Gasteiger partial charge in [-0.25, -0.2) is 9.48 Å². The van der Waals surface area contributed by atoms with Gasteiger partial charge in [-0.3, -0.25) is 9.36 Å². The molecule has 0 saturated carbocycles. The van der Waals surface area contributed by atoms with Crippen molar-refractivity contribution >= 4 is 5.91 Å². The highest BCUT2D eigenvalue weighted by Crippen LogP contribution is 1.96. The van der Waals surface area contributed by atoms with Gasteiger partial charge in [0.15, 0.2) is 0 Å². The van der Waals surface area contributed by atoms with Crippen LogP contribution in [0.5, 0.6) is 0 Å². The van der Waals surface area contributed by atoms with E-state index in [0.29, 0.717) is 18.9 Å². The molecule has 2 heterocycles. The predicted octanol–water partition coefficient (Wildman–Crippen LogP) is -2.37. The molecule has 7 heteroatoms. The van der Waals surface area contributed by atoms with Gasteiger partial charge in [-0.2, -0.15) is 5.10 Å². The Morgan fingerprint density at radius 3 is 3.07 bits per heavy atom. The SMILES string of the molecule is NC(=O)Cn1nc2n(c1=O)CCNC2. The number of carbonyl (C=O) groups excluding carboxylic acids is 1. The topological polar surface area (TPSA) is 94.9 Å². The fourth-order valence-electron chi connectivity index (χ4n) is 1.48. The molecular formula is C7H11N5O2. The average molecular weight is 197 g/mol. The Bertz CT molecular complexity index is 418. The van der Waals surface area contributed by atoms with E-state index in [1.165, 1.54) is 0 Å². The van der Waals surface area contributed by atoms with E-state index in [9.17, 15) is 9.59 Å². The summed E-state index contributed by atoms with van der Waals surface area (Å²) < 4.78 is 2.66. The number of aromatic nitrogens is 3. The van der Waals surface area contributed by atoms with Crippen molar-refractivity contribution in [2.45, 2.75) is 19.6 Å². The van der Waals surface area contributed by atoms with Gasteiger partial charge in [-0.05, 0) is 0 Å². The molecule has 7 nitrogen and oxygen atoms in total. The summed E-state index contributed by atoms with van der Waals surface area (Å²) in [7, 11) is 0. The van der Waals surface area contributed by atoms with Gasteiger partial charge in [-0.1, -0.05) is 0 Å². The van der Waals surface area contributed by atoms with Crippen LogP contribution in [0.2, 0.25) is 0 Å². The molecular weight excluding hydrogens is 186 g/mol. The third-order valence-electron chi connectivity index (χ3n) is 2.10. The Labute approximate surface area is 79.5 Å². The Balaban J connectivity index is 2.38. The zero-order valence-electron chi connectivity index (χ0n) is 7.56. The van der Waals surface area contributed by atoms with Gasteiger partial charge in [0, 0.05) is 13.1 Å². The van der Waals surface area contributed by atoms with Crippen molar-refractivity contribution in [3.05, 3.63) is 16.3 Å². The van der Waals surface area contributed by atoms with Crippen LogP contribution in [0, 0.1) is 0 Å². The zero-order chi connectivity index (χ0) is 10.1. The molecule has 2 rings (SSSR count). The molecule has 1 amide bonds. The number of hydrogen-bond donors (Lipinski definition) is 2. The van der Waals surface area contributed by atoms with E-state index >= 15 is 0 Å². The van der Waals surface area contributed by atoms with Crippen molar-refractivity contribution in [2.75, 3.05) is 6.54 Å². The molecule has 1 aliphatic heterocycles. The first-order valence-electron chi connectivity index (χ1n) is 4.34. The third-order valence-corrected chi connectivity index (χ3v) is 2.10. The van der Waals surface area contributed by atoms with E-state index < -0.39 is 5.91 Å². The first-order chi connectivity index (χ1) is 6.68. The number of nitrogens with two attached hydrogens (primary N) is 1. The Morgan fingerprint density at radius 2 is 2.43 bits per heavy atom. The van der Waals surface area contributed by atoms with Crippen LogP contribution < -0.4 is 16.7 Å². The second kappa shape index (κ2) is 3.26. The van der Waals surface area contributed by atoms with E-state index in [0.717, 1.165) is 11.2 Å². The van der Waals surface area contributed by atoms with Gasteiger partial charge in [-0.15, -0.1) is 0 Å². The average Bonchev–Trinajstić information content (AvgIpc) is 2.44. The van der Waals surface area contributed by atoms with Crippen molar-refractivity contribution in [1.82, 2.24) is 19.7 Å². The minimum atomic E-state index is -0.560. The van der Waals surface area contributed by atoms with Gasteiger partial charge in [0.2, 0.25) is 5.91 Å². The fraction of sp³-hybridized carbons (Fsp3) is 0.571. The molecule has 3 N–H and O–H groups in total. The van der Waals surface area contributed by atoms with E-state index in [1.807, 2.05) is 0 Å². The summed E-state index contributed by atoms with van der Waals surface area (Å²) in [5.41, 5.74) is 4.72. The van der Waals surface area contributed by atoms with Crippen LogP contribution in [0.25, 0.3) is 0 Å². The van der Waals surface area contributed by atoms with Gasteiger partial charge in [0.25, 0.3) is 0 Å². The zero-order valence-corrected chi connectivity index (χ0v) is 7.56. The highest BCUT2D eigenvalue weighted by atomic mass is 16.2. The molecule has 1 aromatic rings. The lowest BCUT2D eigenvalue weighted by Gasteiger charge is -2.11. The number of hydrogen-bond acceptors (Lipinski definition) is 4. The highest BCUT2D eigenvalue weighted by molar-refractivity contribution is 5.73. The maximum absolute atomic E-state index is 11.6. The standard InChI is InChI=1S/C7H11N5O2/c8-5(13)4-12-7(14)11-2-1-9-3-6(11)10-12/h9H,1-4H2,(H2,8,13). The van der Waals surface area contributed by atoms with Gasteiger partial charge in [0.1, 0.15) is 12.4 Å². The number of nitrogens with one attached hydrogen (secondary N) is 1. The summed E-state index contributed by atoms with van der Waals surface area (Å²) in [4.78, 5) is 22.2.